The lowest BCUT2D eigenvalue weighted by molar-refractivity contribution is -0.180. The standard InChI is InChI=1S/C25H34O6/c1-6-25(31-15(3)27)22(29)12-19-17-8-7-16-11-21(30-14(2)26)20(28)13-23(16,4)18(17)9-10-24(19,25)5/h1,7,17-22,28-29H,8-13H2,2-5H3/t17-,18+,19+,20-,21-,22+,23+,24+,25+/m1/s1. The fraction of sp³-hybridized carbons (Fsp3) is 0.760. The fourth-order valence-electron chi connectivity index (χ4n) is 7.71. The van der Waals surface area contributed by atoms with Crippen LogP contribution in [0.5, 0.6) is 0 Å². The van der Waals surface area contributed by atoms with Gasteiger partial charge in [0.1, 0.15) is 12.2 Å². The van der Waals surface area contributed by atoms with Crippen LogP contribution in [0.25, 0.3) is 0 Å². The van der Waals surface area contributed by atoms with Gasteiger partial charge in [0.2, 0.25) is 5.60 Å². The molecule has 170 valence electrons. The van der Waals surface area contributed by atoms with Crippen molar-refractivity contribution >= 4 is 11.9 Å². The number of carbonyl (C=O) groups excluding carboxylic acids is 2. The van der Waals surface area contributed by atoms with Gasteiger partial charge >= 0.3 is 11.9 Å². The van der Waals surface area contributed by atoms with E-state index in [1.807, 2.05) is 0 Å². The summed E-state index contributed by atoms with van der Waals surface area (Å²) >= 11 is 0. The summed E-state index contributed by atoms with van der Waals surface area (Å²) in [5, 5.41) is 21.8. The zero-order chi connectivity index (χ0) is 22.8. The van der Waals surface area contributed by atoms with Gasteiger partial charge in [-0.1, -0.05) is 31.4 Å². The van der Waals surface area contributed by atoms with E-state index in [1.165, 1.54) is 19.4 Å². The average Bonchev–Trinajstić information content (AvgIpc) is 2.89. The van der Waals surface area contributed by atoms with Crippen LogP contribution < -0.4 is 0 Å². The Morgan fingerprint density at radius 1 is 1.19 bits per heavy atom. The Morgan fingerprint density at radius 3 is 2.52 bits per heavy atom. The van der Waals surface area contributed by atoms with Crippen molar-refractivity contribution in [2.45, 2.75) is 90.1 Å². The lowest BCUT2D eigenvalue weighted by Gasteiger charge is -2.59. The van der Waals surface area contributed by atoms with E-state index in [4.69, 9.17) is 15.9 Å². The third-order valence-electron chi connectivity index (χ3n) is 9.13. The maximum Gasteiger partial charge on any atom is 0.304 e. The zero-order valence-corrected chi connectivity index (χ0v) is 18.9. The largest absolute Gasteiger partial charge is 0.459 e. The first-order valence-corrected chi connectivity index (χ1v) is 11.4. The number of hydrogen-bond acceptors (Lipinski definition) is 6. The van der Waals surface area contributed by atoms with Crippen molar-refractivity contribution in [3.05, 3.63) is 11.6 Å². The molecule has 0 unspecified atom stereocenters. The summed E-state index contributed by atoms with van der Waals surface area (Å²) in [4.78, 5) is 23.3. The second kappa shape index (κ2) is 7.35. The van der Waals surface area contributed by atoms with E-state index in [9.17, 15) is 19.8 Å². The van der Waals surface area contributed by atoms with Gasteiger partial charge in [-0.15, -0.1) is 6.42 Å². The van der Waals surface area contributed by atoms with Gasteiger partial charge in [-0.2, -0.15) is 0 Å². The number of fused-ring (bicyclic) bond motifs is 5. The summed E-state index contributed by atoms with van der Waals surface area (Å²) in [5.41, 5.74) is -0.723. The summed E-state index contributed by atoms with van der Waals surface area (Å²) in [5.74, 6) is 2.59. The molecular weight excluding hydrogens is 396 g/mol. The molecule has 4 aliphatic rings. The van der Waals surface area contributed by atoms with E-state index in [0.29, 0.717) is 25.2 Å². The van der Waals surface area contributed by atoms with Crippen LogP contribution in [0.15, 0.2) is 11.6 Å². The van der Waals surface area contributed by atoms with Gasteiger partial charge in [-0.25, -0.2) is 0 Å². The molecule has 4 rings (SSSR count). The van der Waals surface area contributed by atoms with Crippen molar-refractivity contribution in [2.75, 3.05) is 0 Å². The summed E-state index contributed by atoms with van der Waals surface area (Å²) < 4.78 is 11.1. The van der Waals surface area contributed by atoms with Crippen LogP contribution in [0, 0.1) is 40.9 Å². The second-order valence-electron chi connectivity index (χ2n) is 10.6. The normalized spacial score (nSPS) is 48.4. The first-order chi connectivity index (χ1) is 14.5. The summed E-state index contributed by atoms with van der Waals surface area (Å²) in [7, 11) is 0. The van der Waals surface area contributed by atoms with Crippen LogP contribution in [-0.2, 0) is 19.1 Å². The predicted molar refractivity (Wildman–Crippen MR) is 113 cm³/mol. The molecule has 6 heteroatoms. The third-order valence-corrected chi connectivity index (χ3v) is 9.13. The number of esters is 2. The molecule has 0 aromatic carbocycles. The number of ether oxygens (including phenoxy) is 2. The van der Waals surface area contributed by atoms with Crippen molar-refractivity contribution < 1.29 is 29.3 Å². The smallest absolute Gasteiger partial charge is 0.304 e. The molecule has 3 fully saturated rings. The molecule has 2 N–H and O–H groups in total. The summed E-state index contributed by atoms with van der Waals surface area (Å²) in [6.45, 7) is 7.01. The lowest BCUT2D eigenvalue weighted by atomic mass is 9.46. The van der Waals surface area contributed by atoms with Crippen LogP contribution in [-0.4, -0.2) is 46.1 Å². The molecule has 0 heterocycles. The van der Waals surface area contributed by atoms with Crippen molar-refractivity contribution in [3.8, 4) is 12.3 Å². The Labute approximate surface area is 184 Å². The highest BCUT2D eigenvalue weighted by atomic mass is 16.6. The number of carbonyl (C=O) groups is 2. The van der Waals surface area contributed by atoms with Gasteiger partial charge < -0.3 is 19.7 Å². The molecule has 0 radical (unpaired) electrons. The molecule has 0 amide bonds. The number of allylic oxidation sites excluding steroid dienone is 1. The SMILES string of the molecule is C#C[C@]1(OC(C)=O)[C@@H](O)C[C@H]2[C@@H]3CC=C4C[C@@H](OC(C)=O)[C@H](O)C[C@]4(C)[C@H]3CC[C@@]21C. The minimum atomic E-state index is -1.30. The molecular formula is C25H34O6. The highest BCUT2D eigenvalue weighted by Gasteiger charge is 2.69. The van der Waals surface area contributed by atoms with E-state index in [0.717, 1.165) is 19.3 Å². The molecule has 9 atom stereocenters. The van der Waals surface area contributed by atoms with Gasteiger partial charge in [0.25, 0.3) is 0 Å². The third kappa shape index (κ3) is 3.08. The van der Waals surface area contributed by atoms with E-state index in [2.05, 4.69) is 25.8 Å². The summed E-state index contributed by atoms with van der Waals surface area (Å²) in [6.07, 6.45) is 10.2. The quantitative estimate of drug-likeness (QED) is 0.398. The minimum absolute atomic E-state index is 0.120. The molecule has 0 spiro atoms. The minimum Gasteiger partial charge on any atom is -0.459 e. The Kier molecular flexibility index (Phi) is 5.30. The number of terminal acetylenes is 1. The van der Waals surface area contributed by atoms with Gasteiger partial charge in [0.15, 0.2) is 0 Å². The Bertz CT molecular complexity index is 857. The number of aliphatic hydroxyl groups is 2. The van der Waals surface area contributed by atoms with Crippen molar-refractivity contribution in [2.24, 2.45) is 28.6 Å². The van der Waals surface area contributed by atoms with Crippen LogP contribution in [0.1, 0.15) is 66.2 Å². The zero-order valence-electron chi connectivity index (χ0n) is 18.9. The van der Waals surface area contributed by atoms with E-state index >= 15 is 0 Å². The molecule has 0 aromatic heterocycles. The maximum absolute atomic E-state index is 11.9. The molecule has 31 heavy (non-hydrogen) atoms. The van der Waals surface area contributed by atoms with Gasteiger partial charge in [0.05, 0.1) is 6.10 Å². The van der Waals surface area contributed by atoms with Crippen LogP contribution >= 0.6 is 0 Å². The first kappa shape index (κ1) is 22.4. The Morgan fingerprint density at radius 2 is 1.90 bits per heavy atom. The van der Waals surface area contributed by atoms with Crippen molar-refractivity contribution in [3.63, 3.8) is 0 Å². The van der Waals surface area contributed by atoms with Crippen molar-refractivity contribution in [1.29, 1.82) is 0 Å². The highest BCUT2D eigenvalue weighted by Crippen LogP contribution is 2.67. The van der Waals surface area contributed by atoms with E-state index in [1.54, 1.807) is 0 Å². The van der Waals surface area contributed by atoms with Crippen LogP contribution in [0.2, 0.25) is 0 Å². The highest BCUT2D eigenvalue weighted by molar-refractivity contribution is 5.67. The van der Waals surface area contributed by atoms with Gasteiger partial charge in [-0.05, 0) is 55.3 Å². The molecule has 3 saturated carbocycles. The monoisotopic (exact) mass is 430 g/mol. The molecule has 0 aliphatic heterocycles. The molecule has 6 nitrogen and oxygen atoms in total. The van der Waals surface area contributed by atoms with Crippen molar-refractivity contribution in [1.82, 2.24) is 0 Å². The Balaban J connectivity index is 1.67. The fourth-order valence-corrected chi connectivity index (χ4v) is 7.71. The predicted octanol–water partition coefficient (Wildman–Crippen LogP) is 2.76. The Hall–Kier alpha value is -1.84. The molecule has 0 saturated heterocycles. The number of aliphatic hydroxyl groups excluding tert-OH is 2. The molecule has 0 aromatic rings. The van der Waals surface area contributed by atoms with Crippen LogP contribution in [0.4, 0.5) is 0 Å². The lowest BCUT2D eigenvalue weighted by Crippen LogP contribution is -2.58. The van der Waals surface area contributed by atoms with E-state index in [-0.39, 0.29) is 23.2 Å². The second-order valence-corrected chi connectivity index (χ2v) is 10.6. The van der Waals surface area contributed by atoms with Gasteiger partial charge in [-0.3, -0.25) is 9.59 Å². The average molecular weight is 431 g/mol. The maximum atomic E-state index is 11.9. The molecule has 0 bridgehead atoms. The first-order valence-electron chi connectivity index (χ1n) is 11.4. The van der Waals surface area contributed by atoms with Crippen LogP contribution in [0.3, 0.4) is 0 Å². The number of rotatable bonds is 2. The topological polar surface area (TPSA) is 93.1 Å². The van der Waals surface area contributed by atoms with Gasteiger partial charge in [0, 0.05) is 25.7 Å². The summed E-state index contributed by atoms with van der Waals surface area (Å²) in [6, 6.07) is 0. The molecule has 4 aliphatic carbocycles. The number of hydrogen-bond donors (Lipinski definition) is 2. The van der Waals surface area contributed by atoms with E-state index < -0.39 is 35.3 Å².